The van der Waals surface area contributed by atoms with Gasteiger partial charge in [-0.2, -0.15) is 33.4 Å². The zero-order chi connectivity index (χ0) is 34.4. The molecule has 0 amide bonds. The first-order valence-corrected chi connectivity index (χ1v) is 16.8. The highest BCUT2D eigenvalue weighted by Gasteiger charge is 2.38. The van der Waals surface area contributed by atoms with E-state index >= 15 is 0 Å². The van der Waals surface area contributed by atoms with Gasteiger partial charge in [-0.15, -0.1) is 0 Å². The van der Waals surface area contributed by atoms with Crippen LogP contribution in [-0.4, -0.2) is 23.4 Å². The fraction of sp³-hybridized carbons (Fsp3) is 0.176. The fourth-order valence-electron chi connectivity index (χ4n) is 6.25. The Kier molecular flexibility index (Phi) is 8.53. The van der Waals surface area contributed by atoms with Crippen molar-refractivity contribution in [3.05, 3.63) is 143 Å². The molecule has 13 heteroatoms. The third-order valence-electron chi connectivity index (χ3n) is 8.07. The van der Waals surface area contributed by atoms with Gasteiger partial charge in [-0.05, 0) is 75.2 Å². The lowest BCUT2D eigenvalue weighted by molar-refractivity contribution is -0.137. The molecule has 0 spiro atoms. The summed E-state index contributed by atoms with van der Waals surface area (Å²) in [7, 11) is -4.19. The van der Waals surface area contributed by atoms with E-state index in [1.807, 2.05) is 6.92 Å². The summed E-state index contributed by atoms with van der Waals surface area (Å²) in [5.74, 6) is -0.878. The lowest BCUT2D eigenvalue weighted by Gasteiger charge is -2.15. The molecule has 1 unspecified atom stereocenters. The Morgan fingerprint density at radius 3 is 1.89 bits per heavy atom. The van der Waals surface area contributed by atoms with E-state index in [1.54, 1.807) is 36.4 Å². The first kappa shape index (κ1) is 33.1. The number of allylic oxidation sites excluding steroid dienone is 3. The molecular weight excluding hydrogens is 650 g/mol. The van der Waals surface area contributed by atoms with Crippen LogP contribution in [0.1, 0.15) is 38.9 Å². The van der Waals surface area contributed by atoms with Crippen molar-refractivity contribution in [3.8, 4) is 12.1 Å². The van der Waals surface area contributed by atoms with Crippen LogP contribution in [0.4, 0.5) is 13.2 Å². The maximum Gasteiger partial charge on any atom is 0.523 e. The number of benzene rings is 3. The summed E-state index contributed by atoms with van der Waals surface area (Å²) in [4.78, 5) is 6.57. The second-order valence-electron chi connectivity index (χ2n) is 10.9. The van der Waals surface area contributed by atoms with Crippen molar-refractivity contribution in [2.45, 2.75) is 36.6 Å². The molecule has 0 heterocycles. The minimum Gasteiger partial charge on any atom is -0.306 e. The van der Waals surface area contributed by atoms with Crippen molar-refractivity contribution in [3.63, 3.8) is 0 Å². The van der Waals surface area contributed by atoms with E-state index in [-0.39, 0.29) is 78.5 Å². The van der Waals surface area contributed by atoms with Gasteiger partial charge in [0.2, 0.25) is 0 Å². The van der Waals surface area contributed by atoms with Crippen molar-refractivity contribution in [1.29, 1.82) is 10.5 Å². The number of aryl methyl sites for hydroxylation is 1. The van der Waals surface area contributed by atoms with Crippen LogP contribution in [0, 0.1) is 42.7 Å². The zero-order valence-corrected chi connectivity index (χ0v) is 26.3. The van der Waals surface area contributed by atoms with E-state index in [0.29, 0.717) is 5.56 Å². The number of nitriles is 2. The van der Waals surface area contributed by atoms with Gasteiger partial charge < -0.3 is 4.55 Å². The number of alkyl halides is 3. The van der Waals surface area contributed by atoms with E-state index in [9.17, 15) is 40.9 Å². The van der Waals surface area contributed by atoms with Crippen LogP contribution in [0.15, 0.2) is 76.0 Å². The van der Waals surface area contributed by atoms with Gasteiger partial charge in [-0.3, -0.25) is 0 Å². The SMILES string of the molecule is [C-]#[N+]C([N+]#[C-])=C1Cc2c(CS(=O)O)c3c(c(S(C)(=O)=O)c2=C1c1ccc(C)cc1)CC(=C(C#N)C#N)C=3c1ccc(C(F)(F)F)cc1. The van der Waals surface area contributed by atoms with Gasteiger partial charge in [0.05, 0.1) is 21.8 Å². The molecule has 47 heavy (non-hydrogen) atoms. The molecule has 0 bridgehead atoms. The van der Waals surface area contributed by atoms with E-state index in [4.69, 9.17) is 13.1 Å². The van der Waals surface area contributed by atoms with Crippen LogP contribution in [0.25, 0.3) is 20.8 Å². The molecule has 1 atom stereocenters. The van der Waals surface area contributed by atoms with Crippen molar-refractivity contribution >= 4 is 32.1 Å². The highest BCUT2D eigenvalue weighted by molar-refractivity contribution is 7.90. The molecule has 8 nitrogen and oxygen atoms in total. The molecule has 3 aromatic carbocycles. The molecule has 0 fully saturated rings. The number of sulfone groups is 1. The molecule has 0 aliphatic heterocycles. The first-order valence-electron chi connectivity index (χ1n) is 13.7. The van der Waals surface area contributed by atoms with E-state index in [1.165, 1.54) is 0 Å². The maximum absolute atomic E-state index is 13.8. The summed E-state index contributed by atoms with van der Waals surface area (Å²) < 4.78 is 90.8. The summed E-state index contributed by atoms with van der Waals surface area (Å²) in [5, 5.41) is 20.0. The Morgan fingerprint density at radius 2 is 1.43 bits per heavy atom. The van der Waals surface area contributed by atoms with E-state index < -0.39 is 44.0 Å². The molecule has 234 valence electrons. The molecule has 2 aliphatic carbocycles. The summed E-state index contributed by atoms with van der Waals surface area (Å²) in [6, 6.07) is 14.5. The largest absolute Gasteiger partial charge is 0.523 e. The highest BCUT2D eigenvalue weighted by Crippen LogP contribution is 2.40. The predicted molar refractivity (Wildman–Crippen MR) is 167 cm³/mol. The van der Waals surface area contributed by atoms with Gasteiger partial charge in [0.15, 0.2) is 20.9 Å². The summed E-state index contributed by atoms with van der Waals surface area (Å²) >= 11 is -2.53. The molecule has 0 radical (unpaired) electrons. The van der Waals surface area contributed by atoms with Crippen molar-refractivity contribution < 1.29 is 30.4 Å². The fourth-order valence-corrected chi connectivity index (χ4v) is 8.03. The number of rotatable bonds is 5. The lowest BCUT2D eigenvalue weighted by atomic mass is 9.93. The second kappa shape index (κ2) is 12.1. The van der Waals surface area contributed by atoms with Crippen LogP contribution in [0.2, 0.25) is 0 Å². The van der Waals surface area contributed by atoms with Crippen LogP contribution >= 0.6 is 0 Å². The Labute approximate surface area is 270 Å². The summed E-state index contributed by atoms with van der Waals surface area (Å²) in [6.07, 6.45) is -4.18. The Balaban J connectivity index is 2.14. The van der Waals surface area contributed by atoms with Gasteiger partial charge in [-0.1, -0.05) is 42.0 Å². The third-order valence-corrected chi connectivity index (χ3v) is 9.80. The quantitative estimate of drug-likeness (QED) is 0.230. The predicted octanol–water partition coefficient (Wildman–Crippen LogP) is 5.04. The average molecular weight is 671 g/mol. The highest BCUT2D eigenvalue weighted by atomic mass is 32.2. The number of hydrogen-bond acceptors (Lipinski definition) is 5. The monoisotopic (exact) mass is 670 g/mol. The van der Waals surface area contributed by atoms with Crippen molar-refractivity contribution in [2.24, 2.45) is 0 Å². The second-order valence-corrected chi connectivity index (χ2v) is 13.8. The van der Waals surface area contributed by atoms with Gasteiger partial charge in [0.25, 0.3) is 0 Å². The zero-order valence-electron chi connectivity index (χ0n) is 24.7. The number of nitrogens with zero attached hydrogens (tertiary/aromatic N) is 4. The maximum atomic E-state index is 13.8. The molecule has 0 aromatic heterocycles. The van der Waals surface area contributed by atoms with Crippen LogP contribution in [0.3, 0.4) is 0 Å². The van der Waals surface area contributed by atoms with Gasteiger partial charge >= 0.3 is 12.0 Å². The van der Waals surface area contributed by atoms with Gasteiger partial charge in [-0.25, -0.2) is 12.6 Å². The van der Waals surface area contributed by atoms with Crippen LogP contribution < -0.4 is 10.4 Å². The molecular formula is C34H21F3N4O4S2. The third kappa shape index (κ3) is 5.78. The summed E-state index contributed by atoms with van der Waals surface area (Å²) in [5.41, 5.74) is 1.28. The Morgan fingerprint density at radius 1 is 0.915 bits per heavy atom. The number of hydrogen-bond donors (Lipinski definition) is 1. The van der Waals surface area contributed by atoms with Crippen molar-refractivity contribution in [1.82, 2.24) is 0 Å². The Bertz CT molecular complexity index is 2370. The number of fused-ring (bicyclic) bond motifs is 2. The number of halogens is 3. The normalized spacial score (nSPS) is 14.4. The minimum absolute atomic E-state index is 0.0546. The van der Waals surface area contributed by atoms with Gasteiger partial charge in [0, 0.05) is 17.9 Å². The summed E-state index contributed by atoms with van der Waals surface area (Å²) in [6.45, 7) is 17.2. The first-order chi connectivity index (χ1) is 22.2. The lowest BCUT2D eigenvalue weighted by Crippen LogP contribution is -2.31. The average Bonchev–Trinajstić information content (AvgIpc) is 3.57. The van der Waals surface area contributed by atoms with E-state index in [2.05, 4.69) is 9.69 Å². The topological polar surface area (TPSA) is 128 Å². The van der Waals surface area contributed by atoms with Crippen LogP contribution in [0.5, 0.6) is 0 Å². The van der Waals surface area contributed by atoms with Crippen LogP contribution in [-0.2, 0) is 45.7 Å². The molecule has 0 saturated carbocycles. The Hall–Kier alpha value is -5.31. The molecule has 2 aliphatic rings. The molecule has 5 rings (SSSR count). The molecule has 0 saturated heterocycles. The smallest absolute Gasteiger partial charge is 0.306 e. The standard InChI is InChI=1S/C34H21F3N4O4S2/c1-18-5-7-19(8-6-18)29-26(33(40-2)41-3)14-24-27(17-46(42)43)30-25(32(31(24)29)47(4,44)45)13-23(21(15-38)16-39)28(30)20-9-11-22(12-10-20)34(35,36)37/h5-12H,13-14,17H2,1,4H3,(H,42,43). The van der Waals surface area contributed by atoms with E-state index in [0.717, 1.165) is 36.1 Å². The molecule has 1 N–H and O–H groups in total. The molecule has 3 aromatic rings. The van der Waals surface area contributed by atoms with Gasteiger partial charge in [0.1, 0.15) is 30.9 Å². The minimum atomic E-state index is -4.67. The van der Waals surface area contributed by atoms with Crippen molar-refractivity contribution in [2.75, 3.05) is 6.26 Å².